The van der Waals surface area contributed by atoms with Gasteiger partial charge in [-0.3, -0.25) is 0 Å². The van der Waals surface area contributed by atoms with Crippen molar-refractivity contribution >= 4 is 18.1 Å². The van der Waals surface area contributed by atoms with Crippen LogP contribution in [0.2, 0.25) is 0 Å². The molecule has 0 heterocycles. The van der Waals surface area contributed by atoms with E-state index in [2.05, 4.69) is 5.32 Å². The van der Waals surface area contributed by atoms with Gasteiger partial charge in [0.05, 0.1) is 0 Å². The smallest absolute Gasteiger partial charge is 0.445 e. The molecule has 0 fully saturated rings. The zero-order valence-electron chi connectivity index (χ0n) is 7.52. The van der Waals surface area contributed by atoms with Gasteiger partial charge in [0, 0.05) is 12.7 Å². The first-order chi connectivity index (χ1) is 5.55. The molecule has 0 unspecified atom stereocenters. The molecule has 0 aliphatic heterocycles. The number of anilines is 1. The summed E-state index contributed by atoms with van der Waals surface area (Å²) in [5.41, 5.74) is -0.440. The van der Waals surface area contributed by atoms with Crippen LogP contribution in [0.5, 0.6) is 0 Å². The summed E-state index contributed by atoms with van der Waals surface area (Å²) in [6.07, 6.45) is 0. The summed E-state index contributed by atoms with van der Waals surface area (Å²) in [5.74, 6) is 0. The molecule has 0 radical (unpaired) electrons. The van der Waals surface area contributed by atoms with Crippen LogP contribution in [0.3, 0.4) is 0 Å². The minimum atomic E-state index is -4.90. The van der Waals surface area contributed by atoms with Crippen molar-refractivity contribution in [1.82, 2.24) is 0 Å². The van der Waals surface area contributed by atoms with E-state index in [-0.39, 0.29) is 57.1 Å². The molecule has 0 atom stereocenters. The maximum Gasteiger partial charge on any atom is 1.00 e. The minimum Gasteiger partial charge on any atom is -0.445 e. The Morgan fingerprint density at radius 1 is 1.15 bits per heavy atom. The van der Waals surface area contributed by atoms with Crippen LogP contribution < -0.4 is 62.2 Å². The maximum atomic E-state index is 12.3. The summed E-state index contributed by atoms with van der Waals surface area (Å²) in [6.45, 7) is -4.90. The second-order valence-corrected chi connectivity index (χ2v) is 2.41. The van der Waals surface area contributed by atoms with Gasteiger partial charge in [-0.25, -0.2) is 0 Å². The maximum absolute atomic E-state index is 12.3. The van der Waals surface area contributed by atoms with E-state index < -0.39 is 12.4 Å². The molecule has 0 aliphatic rings. The van der Waals surface area contributed by atoms with Crippen LogP contribution >= 0.6 is 0 Å². The van der Waals surface area contributed by atoms with E-state index in [1.54, 1.807) is 6.07 Å². The van der Waals surface area contributed by atoms with Crippen LogP contribution in [0.1, 0.15) is 0 Å². The van der Waals surface area contributed by atoms with Gasteiger partial charge in [-0.1, -0.05) is 23.7 Å². The molecule has 0 spiro atoms. The van der Waals surface area contributed by atoms with E-state index >= 15 is 0 Å². The molecule has 13 heavy (non-hydrogen) atoms. The van der Waals surface area contributed by atoms with Gasteiger partial charge in [0.25, 0.3) is 0 Å². The monoisotopic (exact) mass is 213 g/mol. The van der Waals surface area contributed by atoms with E-state index in [0.29, 0.717) is 0 Å². The Kier molecular flexibility index (Phi) is 5.62. The van der Waals surface area contributed by atoms with Crippen LogP contribution in [0.15, 0.2) is 24.3 Å². The molecule has 1 aromatic rings. The Balaban J connectivity index is 0.00000144. The molecule has 0 saturated carbocycles. The third-order valence-corrected chi connectivity index (χ3v) is 1.58. The summed E-state index contributed by atoms with van der Waals surface area (Å²) in [7, 11) is 1.47. The Morgan fingerprint density at radius 2 is 1.69 bits per heavy atom. The zero-order chi connectivity index (χ0) is 9.19. The van der Waals surface area contributed by atoms with Crippen molar-refractivity contribution in [1.29, 1.82) is 0 Å². The van der Waals surface area contributed by atoms with E-state index in [9.17, 15) is 12.9 Å². The standard InChI is InChI=1S/C7H8BF3N.K/c1-12-7-5-3-2-4-6(7)8(9,10)11;/h2-5,12H,1H3;/q-1;+1. The molecule has 1 nitrogen and oxygen atoms in total. The van der Waals surface area contributed by atoms with Crippen LogP contribution in [0.4, 0.5) is 18.6 Å². The SMILES string of the molecule is CNc1ccccc1[B-](F)(F)F.[K+]. The van der Waals surface area contributed by atoms with Crippen molar-refractivity contribution < 1.29 is 64.3 Å². The Bertz CT molecular complexity index is 277. The Labute approximate surface area is 118 Å². The van der Waals surface area contributed by atoms with Crippen molar-refractivity contribution in [2.75, 3.05) is 12.4 Å². The molecule has 0 aliphatic carbocycles. The molecular formula is C7H8BF3KN. The fourth-order valence-electron chi connectivity index (χ4n) is 1.01. The quantitative estimate of drug-likeness (QED) is 0.607. The van der Waals surface area contributed by atoms with E-state index in [0.717, 1.165) is 6.07 Å². The fraction of sp³-hybridized carbons (Fsp3) is 0.143. The van der Waals surface area contributed by atoms with Crippen LogP contribution in [-0.4, -0.2) is 14.0 Å². The molecule has 0 aromatic heterocycles. The van der Waals surface area contributed by atoms with Gasteiger partial charge >= 0.3 is 58.4 Å². The van der Waals surface area contributed by atoms with Gasteiger partial charge in [0.1, 0.15) is 0 Å². The number of hydrogen-bond donors (Lipinski definition) is 1. The number of nitrogens with one attached hydrogen (secondary N) is 1. The average molecular weight is 213 g/mol. The third-order valence-electron chi connectivity index (χ3n) is 1.58. The largest absolute Gasteiger partial charge is 1.00 e. The van der Waals surface area contributed by atoms with E-state index in [1.807, 2.05) is 0 Å². The predicted molar refractivity (Wildman–Crippen MR) is 44.7 cm³/mol. The molecule has 6 heteroatoms. The number of rotatable bonds is 2. The third kappa shape index (κ3) is 3.63. The summed E-state index contributed by atoms with van der Waals surface area (Å²) in [5, 5.41) is 2.50. The summed E-state index contributed by atoms with van der Waals surface area (Å²) >= 11 is 0. The van der Waals surface area contributed by atoms with Crippen molar-refractivity contribution in [3.8, 4) is 0 Å². The summed E-state index contributed by atoms with van der Waals surface area (Å²) in [4.78, 5) is 0. The number of halogens is 3. The second-order valence-electron chi connectivity index (χ2n) is 2.41. The van der Waals surface area contributed by atoms with Crippen molar-refractivity contribution in [2.45, 2.75) is 0 Å². The van der Waals surface area contributed by atoms with E-state index in [4.69, 9.17) is 0 Å². The number of para-hydroxylation sites is 1. The van der Waals surface area contributed by atoms with Crippen LogP contribution in [-0.2, 0) is 0 Å². The van der Waals surface area contributed by atoms with Crippen molar-refractivity contribution in [2.24, 2.45) is 0 Å². The van der Waals surface area contributed by atoms with Gasteiger partial charge in [0.2, 0.25) is 0 Å². The van der Waals surface area contributed by atoms with Crippen LogP contribution in [0, 0.1) is 0 Å². The predicted octanol–water partition coefficient (Wildman–Crippen LogP) is -1.21. The molecule has 0 amide bonds. The van der Waals surface area contributed by atoms with Crippen molar-refractivity contribution in [3.05, 3.63) is 24.3 Å². The fourth-order valence-corrected chi connectivity index (χ4v) is 1.01. The normalized spacial score (nSPS) is 10.5. The second kappa shape index (κ2) is 5.41. The van der Waals surface area contributed by atoms with Crippen molar-refractivity contribution in [3.63, 3.8) is 0 Å². The first kappa shape index (κ1) is 13.5. The number of hydrogen-bond acceptors (Lipinski definition) is 1. The molecule has 0 bridgehead atoms. The number of benzene rings is 1. The molecule has 1 aromatic carbocycles. The Morgan fingerprint density at radius 3 is 2.08 bits per heavy atom. The first-order valence-electron chi connectivity index (χ1n) is 3.52. The van der Waals surface area contributed by atoms with Gasteiger partial charge in [-0.05, 0) is 6.07 Å². The van der Waals surface area contributed by atoms with E-state index in [1.165, 1.54) is 19.2 Å². The van der Waals surface area contributed by atoms with Gasteiger partial charge in [-0.2, -0.15) is 0 Å². The minimum absolute atomic E-state index is 0. The molecule has 0 saturated heterocycles. The average Bonchev–Trinajstić information content (AvgIpc) is 2.03. The van der Waals surface area contributed by atoms with Gasteiger partial charge < -0.3 is 18.3 Å². The van der Waals surface area contributed by atoms with Gasteiger partial charge in [0.15, 0.2) is 0 Å². The Hall–Kier alpha value is 0.511. The molecular weight excluding hydrogens is 205 g/mol. The van der Waals surface area contributed by atoms with Crippen LogP contribution in [0.25, 0.3) is 0 Å². The summed E-state index contributed by atoms with van der Waals surface area (Å²) in [6, 6.07) is 5.43. The molecule has 66 valence electrons. The zero-order valence-corrected chi connectivity index (χ0v) is 10.6. The topological polar surface area (TPSA) is 12.0 Å². The molecule has 1 rings (SSSR count). The first-order valence-corrected chi connectivity index (χ1v) is 3.52. The molecule has 1 N–H and O–H groups in total. The summed E-state index contributed by atoms with van der Waals surface area (Å²) < 4.78 is 36.8. The van der Waals surface area contributed by atoms with Gasteiger partial charge in [-0.15, -0.1) is 0 Å².